The Morgan fingerprint density at radius 3 is 2.18 bits per heavy atom. The van der Waals surface area contributed by atoms with Gasteiger partial charge in [0.2, 0.25) is 5.91 Å². The number of hydrogen-bond acceptors (Lipinski definition) is 10. The Balaban J connectivity index is 1.59. The zero-order chi connectivity index (χ0) is 28.7. The molecule has 6 N–H and O–H groups in total. The highest BCUT2D eigenvalue weighted by molar-refractivity contribution is 6.45. The summed E-state index contributed by atoms with van der Waals surface area (Å²) in [6.07, 6.45) is 0.0810. The summed E-state index contributed by atoms with van der Waals surface area (Å²) in [6, 6.07) is 8.00. The molecule has 2 aromatic rings. The molecule has 1 aliphatic heterocycles. The summed E-state index contributed by atoms with van der Waals surface area (Å²) in [5.41, 5.74) is 5.48. The third-order valence-corrected chi connectivity index (χ3v) is 5.73. The van der Waals surface area contributed by atoms with Crippen LogP contribution in [0.5, 0.6) is 11.5 Å². The van der Waals surface area contributed by atoms with E-state index in [1.807, 2.05) is 0 Å². The maximum atomic E-state index is 12.7. The van der Waals surface area contributed by atoms with Crippen molar-refractivity contribution in [1.29, 1.82) is 0 Å². The lowest BCUT2D eigenvalue weighted by atomic mass is 9.97. The van der Waals surface area contributed by atoms with Gasteiger partial charge in [-0.1, -0.05) is 17.3 Å². The summed E-state index contributed by atoms with van der Waals surface area (Å²) in [4.78, 5) is 60.2. The molecular formula is C25H26N4O10. The van der Waals surface area contributed by atoms with Gasteiger partial charge in [-0.05, 0) is 42.0 Å². The molecule has 1 fully saturated rings. The number of likely N-dealkylation sites (tertiary alicyclic amines) is 1. The van der Waals surface area contributed by atoms with Crippen molar-refractivity contribution in [2.24, 2.45) is 10.9 Å². The second-order valence-electron chi connectivity index (χ2n) is 8.47. The zero-order valence-corrected chi connectivity index (χ0v) is 20.6. The number of aliphatic carboxylic acids is 2. The minimum atomic E-state index is -1.33. The fourth-order valence-electron chi connectivity index (χ4n) is 3.73. The average Bonchev–Trinajstić information content (AvgIpc) is 2.89. The molecule has 0 bridgehead atoms. The van der Waals surface area contributed by atoms with Crippen molar-refractivity contribution in [3.63, 3.8) is 0 Å². The molecule has 14 nitrogen and oxygen atoms in total. The number of β-lactam (4-membered cyclic amide) rings is 1. The molecule has 0 aliphatic carbocycles. The van der Waals surface area contributed by atoms with Crippen LogP contribution in [0.2, 0.25) is 0 Å². The van der Waals surface area contributed by atoms with E-state index < -0.39 is 53.6 Å². The highest BCUT2D eigenvalue weighted by Gasteiger charge is 2.45. The van der Waals surface area contributed by atoms with Crippen LogP contribution < -0.4 is 20.5 Å². The predicted molar refractivity (Wildman–Crippen MR) is 132 cm³/mol. The van der Waals surface area contributed by atoms with E-state index in [1.165, 1.54) is 55.5 Å². The van der Waals surface area contributed by atoms with Crippen molar-refractivity contribution in [3.05, 3.63) is 59.7 Å². The molecule has 0 aromatic heterocycles. The predicted octanol–water partition coefficient (Wildman–Crippen LogP) is 0.124. The SMILES string of the molecule is CC(=O)Oc1ccc(C(C(=O)O)N2CC(NC(=O)C(=NO)c3ccc(OCCC(N)C(=O)O)cc3)C2=O)cc1. The van der Waals surface area contributed by atoms with Gasteiger partial charge in [-0.2, -0.15) is 0 Å². The second-order valence-corrected chi connectivity index (χ2v) is 8.47. The third kappa shape index (κ3) is 7.07. The number of rotatable bonds is 12. The van der Waals surface area contributed by atoms with Crippen LogP contribution in [-0.4, -0.2) is 81.0 Å². The fraction of sp³-hybridized carbons (Fsp3) is 0.280. The smallest absolute Gasteiger partial charge is 0.331 e. The molecule has 206 valence electrons. The normalized spacial score (nSPS) is 16.5. The number of nitrogens with one attached hydrogen (secondary N) is 1. The molecule has 1 heterocycles. The molecule has 0 spiro atoms. The Morgan fingerprint density at radius 2 is 1.67 bits per heavy atom. The number of ether oxygens (including phenoxy) is 2. The van der Waals surface area contributed by atoms with E-state index in [0.29, 0.717) is 5.75 Å². The van der Waals surface area contributed by atoms with E-state index in [-0.39, 0.29) is 36.4 Å². The van der Waals surface area contributed by atoms with E-state index in [9.17, 15) is 34.3 Å². The maximum absolute atomic E-state index is 12.7. The van der Waals surface area contributed by atoms with Crippen LogP contribution in [0, 0.1) is 0 Å². The number of hydrogen-bond donors (Lipinski definition) is 5. The summed E-state index contributed by atoms with van der Waals surface area (Å²) in [7, 11) is 0. The number of benzene rings is 2. The standard InChI is InChI=1S/C25H26N4O10/c1-13(30)39-17-8-4-15(5-9-17)21(25(35)36)29-12-19(23(29)32)27-22(31)20(28-37)14-2-6-16(7-3-14)38-11-10-18(26)24(33)34/h2-9,18-19,21,37H,10-12,26H2,1H3,(H,27,31)(H,33,34)(H,35,36). The van der Waals surface area contributed by atoms with Crippen LogP contribution in [0.15, 0.2) is 53.7 Å². The monoisotopic (exact) mass is 542 g/mol. The molecular weight excluding hydrogens is 516 g/mol. The fourth-order valence-corrected chi connectivity index (χ4v) is 3.73. The highest BCUT2D eigenvalue weighted by atomic mass is 16.5. The van der Waals surface area contributed by atoms with Crippen molar-refractivity contribution in [3.8, 4) is 11.5 Å². The van der Waals surface area contributed by atoms with Crippen LogP contribution >= 0.6 is 0 Å². The van der Waals surface area contributed by atoms with Crippen molar-refractivity contribution in [2.75, 3.05) is 13.2 Å². The largest absolute Gasteiger partial charge is 0.494 e. The molecule has 2 aromatic carbocycles. The molecule has 2 amide bonds. The Kier molecular flexibility index (Phi) is 9.17. The van der Waals surface area contributed by atoms with Gasteiger partial charge >= 0.3 is 17.9 Å². The zero-order valence-electron chi connectivity index (χ0n) is 20.6. The first-order valence-corrected chi connectivity index (χ1v) is 11.6. The van der Waals surface area contributed by atoms with Crippen molar-refractivity contribution >= 4 is 35.4 Å². The minimum absolute atomic E-state index is 0.0439. The lowest BCUT2D eigenvalue weighted by Crippen LogP contribution is -2.66. The molecule has 3 rings (SSSR count). The van der Waals surface area contributed by atoms with Gasteiger partial charge in [0, 0.05) is 18.9 Å². The quantitative estimate of drug-likeness (QED) is 0.0606. The summed E-state index contributed by atoms with van der Waals surface area (Å²) < 4.78 is 10.3. The molecule has 3 atom stereocenters. The molecule has 0 radical (unpaired) electrons. The first kappa shape index (κ1) is 28.6. The minimum Gasteiger partial charge on any atom is -0.494 e. The topological polar surface area (TPSA) is 218 Å². The van der Waals surface area contributed by atoms with Crippen molar-refractivity contribution in [2.45, 2.75) is 31.5 Å². The van der Waals surface area contributed by atoms with Crippen molar-refractivity contribution in [1.82, 2.24) is 10.2 Å². The summed E-state index contributed by atoms with van der Waals surface area (Å²) in [5.74, 6) is -3.92. The number of carboxylic acid groups (broad SMARTS) is 2. The van der Waals surface area contributed by atoms with Gasteiger partial charge in [-0.3, -0.25) is 19.2 Å². The Labute approximate surface area is 221 Å². The van der Waals surface area contributed by atoms with Crippen LogP contribution in [0.4, 0.5) is 0 Å². The van der Waals surface area contributed by atoms with Gasteiger partial charge in [0.25, 0.3) is 5.91 Å². The van der Waals surface area contributed by atoms with Crippen LogP contribution in [0.25, 0.3) is 0 Å². The van der Waals surface area contributed by atoms with E-state index in [0.717, 1.165) is 4.90 Å². The number of carbonyl (C=O) groups is 5. The number of esters is 1. The number of carbonyl (C=O) groups excluding carboxylic acids is 3. The van der Waals surface area contributed by atoms with Crippen LogP contribution in [0.3, 0.4) is 0 Å². The van der Waals surface area contributed by atoms with Gasteiger partial charge in [0.15, 0.2) is 11.8 Å². The third-order valence-electron chi connectivity index (χ3n) is 5.73. The van der Waals surface area contributed by atoms with Crippen LogP contribution in [-0.2, 0) is 24.0 Å². The summed E-state index contributed by atoms with van der Waals surface area (Å²) >= 11 is 0. The number of oxime groups is 1. The van der Waals surface area contributed by atoms with E-state index >= 15 is 0 Å². The lowest BCUT2D eigenvalue weighted by Gasteiger charge is -2.42. The molecule has 39 heavy (non-hydrogen) atoms. The van der Waals surface area contributed by atoms with E-state index in [1.54, 1.807) is 0 Å². The van der Waals surface area contributed by atoms with E-state index in [4.69, 9.17) is 20.3 Å². The summed E-state index contributed by atoms with van der Waals surface area (Å²) in [6.45, 7) is 1.15. The lowest BCUT2D eigenvalue weighted by molar-refractivity contribution is -0.160. The van der Waals surface area contributed by atoms with Gasteiger partial charge in [0.1, 0.15) is 23.6 Å². The Hall–Kier alpha value is -4.98. The van der Waals surface area contributed by atoms with Crippen molar-refractivity contribution < 1.29 is 48.9 Å². The molecule has 14 heteroatoms. The van der Waals surface area contributed by atoms with Gasteiger partial charge < -0.3 is 40.8 Å². The Morgan fingerprint density at radius 1 is 1.05 bits per heavy atom. The molecule has 3 unspecified atom stereocenters. The van der Waals surface area contributed by atoms with Gasteiger partial charge in [-0.15, -0.1) is 0 Å². The van der Waals surface area contributed by atoms with E-state index in [2.05, 4.69) is 10.5 Å². The van der Waals surface area contributed by atoms with Gasteiger partial charge in [0.05, 0.1) is 13.2 Å². The average molecular weight is 543 g/mol. The first-order chi connectivity index (χ1) is 18.5. The number of nitrogens with two attached hydrogens (primary N) is 1. The summed E-state index contributed by atoms with van der Waals surface area (Å²) in [5, 5.41) is 33.3. The molecule has 0 saturated carbocycles. The maximum Gasteiger partial charge on any atom is 0.331 e. The van der Waals surface area contributed by atoms with Gasteiger partial charge in [-0.25, -0.2) is 4.79 Å². The number of nitrogens with zero attached hydrogens (tertiary/aromatic N) is 2. The molecule has 1 saturated heterocycles. The first-order valence-electron chi connectivity index (χ1n) is 11.6. The second kappa shape index (κ2) is 12.5. The van der Waals surface area contributed by atoms with Crippen LogP contribution in [0.1, 0.15) is 30.5 Å². The molecule has 1 aliphatic rings. The highest BCUT2D eigenvalue weighted by Crippen LogP contribution is 2.29. The number of amides is 2. The Bertz CT molecular complexity index is 1280. The number of carboxylic acids is 2.